The molecule has 0 N–H and O–H groups in total. The Balaban J connectivity index is 4.45. The van der Waals surface area contributed by atoms with E-state index in [2.05, 4.69) is 81.5 Å². The van der Waals surface area contributed by atoms with Crippen LogP contribution in [-0.2, 0) is 28.6 Å². The maximum Gasteiger partial charge on any atom is 0.306 e. The summed E-state index contributed by atoms with van der Waals surface area (Å²) in [4.78, 5) is 37.6. The van der Waals surface area contributed by atoms with E-state index in [4.69, 9.17) is 14.2 Å². The molecule has 0 radical (unpaired) electrons. The number of ether oxygens (including phenoxy) is 3. The third-order valence-corrected chi connectivity index (χ3v) is 9.26. The second kappa shape index (κ2) is 42.8. The van der Waals surface area contributed by atoms with Crippen LogP contribution in [0.25, 0.3) is 0 Å². The molecule has 0 aliphatic heterocycles. The number of rotatable bonds is 39. The number of esters is 3. The fourth-order valence-corrected chi connectivity index (χ4v) is 5.88. The van der Waals surface area contributed by atoms with Crippen LogP contribution in [-0.4, -0.2) is 37.2 Å². The van der Waals surface area contributed by atoms with E-state index in [9.17, 15) is 14.4 Å². The van der Waals surface area contributed by atoms with Gasteiger partial charge in [-0.25, -0.2) is 0 Å². The second-order valence-corrected chi connectivity index (χ2v) is 14.6. The van der Waals surface area contributed by atoms with Crippen molar-refractivity contribution in [2.24, 2.45) is 0 Å². The molecule has 0 rings (SSSR count). The lowest BCUT2D eigenvalue weighted by Gasteiger charge is -2.18. The van der Waals surface area contributed by atoms with Crippen LogP contribution in [0.4, 0.5) is 0 Å². The van der Waals surface area contributed by atoms with Gasteiger partial charge in [0.15, 0.2) is 6.10 Å². The molecule has 310 valence electrons. The van der Waals surface area contributed by atoms with Gasteiger partial charge in [0.05, 0.1) is 0 Å². The largest absolute Gasteiger partial charge is 0.462 e. The monoisotopic (exact) mass is 755 g/mol. The maximum absolute atomic E-state index is 12.7. The standard InChI is InChI=1S/C48H82O6/c1-4-7-10-13-16-19-22-23-24-25-27-29-32-35-38-41-47(50)53-44-45(43-52-46(49)40-37-34-31-28-21-18-15-12-9-6-3)54-48(51)42-39-36-33-30-26-20-17-14-11-8-5-2/h7,10,14,16-17,19,23-24,27,29,45H,4-6,8-9,11-13,15,18,20-22,25-26,28,30-44H2,1-3H3/b10-7-,17-14-,19-16-,24-23-,29-27-/t45-/m1/s1. The lowest BCUT2D eigenvalue weighted by atomic mass is 10.1. The summed E-state index contributed by atoms with van der Waals surface area (Å²) in [6, 6.07) is 0. The molecule has 0 bridgehead atoms. The highest BCUT2D eigenvalue weighted by atomic mass is 16.6. The van der Waals surface area contributed by atoms with E-state index >= 15 is 0 Å². The lowest BCUT2D eigenvalue weighted by molar-refractivity contribution is -0.167. The van der Waals surface area contributed by atoms with Crippen LogP contribution in [0.1, 0.15) is 207 Å². The molecule has 6 heteroatoms. The number of hydrogen-bond donors (Lipinski definition) is 0. The predicted molar refractivity (Wildman–Crippen MR) is 228 cm³/mol. The molecule has 0 heterocycles. The van der Waals surface area contributed by atoms with Gasteiger partial charge in [-0.15, -0.1) is 0 Å². The molecule has 0 aromatic heterocycles. The SMILES string of the molecule is CC/C=C\C/C=C\C/C=C\C/C=C\CCCCC(=O)OC[C@@H](COC(=O)CCCCCCCCCCCC)OC(=O)CCCCCCC/C=C\CCCC. The first kappa shape index (κ1) is 51.1. The van der Waals surface area contributed by atoms with E-state index in [-0.39, 0.29) is 31.1 Å². The van der Waals surface area contributed by atoms with E-state index in [1.165, 1.54) is 70.6 Å². The molecule has 0 spiro atoms. The minimum atomic E-state index is -0.790. The summed E-state index contributed by atoms with van der Waals surface area (Å²) < 4.78 is 16.6. The average molecular weight is 755 g/mol. The van der Waals surface area contributed by atoms with Crippen LogP contribution >= 0.6 is 0 Å². The summed E-state index contributed by atoms with van der Waals surface area (Å²) in [5.41, 5.74) is 0. The lowest BCUT2D eigenvalue weighted by Crippen LogP contribution is -2.30. The molecule has 0 saturated heterocycles. The Morgan fingerprint density at radius 1 is 0.389 bits per heavy atom. The summed E-state index contributed by atoms with van der Waals surface area (Å²) in [7, 11) is 0. The van der Waals surface area contributed by atoms with Crippen LogP contribution in [0, 0.1) is 0 Å². The number of carbonyl (C=O) groups is 3. The van der Waals surface area contributed by atoms with Gasteiger partial charge in [-0.1, -0.05) is 171 Å². The predicted octanol–water partition coefficient (Wildman–Crippen LogP) is 14.1. The Bertz CT molecular complexity index is 1010. The van der Waals surface area contributed by atoms with Gasteiger partial charge >= 0.3 is 17.9 Å². The number of unbranched alkanes of at least 4 members (excludes halogenated alkanes) is 18. The van der Waals surface area contributed by atoms with Gasteiger partial charge in [-0.3, -0.25) is 14.4 Å². The van der Waals surface area contributed by atoms with Crippen molar-refractivity contribution in [2.75, 3.05) is 13.2 Å². The molecule has 6 nitrogen and oxygen atoms in total. The van der Waals surface area contributed by atoms with Crippen LogP contribution < -0.4 is 0 Å². The second-order valence-electron chi connectivity index (χ2n) is 14.6. The Kier molecular flexibility index (Phi) is 40.6. The topological polar surface area (TPSA) is 78.9 Å². The van der Waals surface area contributed by atoms with Crippen LogP contribution in [0.3, 0.4) is 0 Å². The van der Waals surface area contributed by atoms with Crippen molar-refractivity contribution in [1.29, 1.82) is 0 Å². The zero-order chi connectivity index (χ0) is 39.4. The highest BCUT2D eigenvalue weighted by Crippen LogP contribution is 2.13. The molecule has 54 heavy (non-hydrogen) atoms. The molecule has 1 atom stereocenters. The van der Waals surface area contributed by atoms with Crippen LogP contribution in [0.2, 0.25) is 0 Å². The van der Waals surface area contributed by atoms with Crippen molar-refractivity contribution in [3.05, 3.63) is 60.8 Å². The fraction of sp³-hybridized carbons (Fsp3) is 0.729. The van der Waals surface area contributed by atoms with Crippen molar-refractivity contribution in [3.8, 4) is 0 Å². The van der Waals surface area contributed by atoms with Gasteiger partial charge in [-0.05, 0) is 77.0 Å². The van der Waals surface area contributed by atoms with Crippen molar-refractivity contribution >= 4 is 17.9 Å². The molecule has 0 aliphatic rings. The molecular weight excluding hydrogens is 673 g/mol. The first-order valence-corrected chi connectivity index (χ1v) is 22.3. The third kappa shape index (κ3) is 40.3. The van der Waals surface area contributed by atoms with Gasteiger partial charge in [0.2, 0.25) is 0 Å². The Morgan fingerprint density at radius 2 is 0.741 bits per heavy atom. The summed E-state index contributed by atoms with van der Waals surface area (Å²) in [6.45, 7) is 6.41. The summed E-state index contributed by atoms with van der Waals surface area (Å²) in [5.74, 6) is -0.949. The molecule has 0 saturated carbocycles. The van der Waals surface area contributed by atoms with E-state index in [0.29, 0.717) is 19.3 Å². The van der Waals surface area contributed by atoms with Gasteiger partial charge in [0.25, 0.3) is 0 Å². The quantitative estimate of drug-likeness (QED) is 0.0269. The van der Waals surface area contributed by atoms with Gasteiger partial charge in [-0.2, -0.15) is 0 Å². The Labute approximate surface area is 332 Å². The van der Waals surface area contributed by atoms with Crippen molar-refractivity contribution < 1.29 is 28.6 Å². The summed E-state index contributed by atoms with van der Waals surface area (Å²) in [6.07, 6.45) is 50.6. The van der Waals surface area contributed by atoms with Gasteiger partial charge in [0, 0.05) is 19.3 Å². The summed E-state index contributed by atoms with van der Waals surface area (Å²) >= 11 is 0. The molecule has 0 aromatic carbocycles. The van der Waals surface area contributed by atoms with E-state index < -0.39 is 6.10 Å². The van der Waals surface area contributed by atoms with Crippen LogP contribution in [0.15, 0.2) is 60.8 Å². The van der Waals surface area contributed by atoms with E-state index in [0.717, 1.165) is 96.3 Å². The number of carbonyl (C=O) groups excluding carboxylic acids is 3. The fourth-order valence-electron chi connectivity index (χ4n) is 5.88. The zero-order valence-electron chi connectivity index (χ0n) is 35.2. The summed E-state index contributed by atoms with van der Waals surface area (Å²) in [5, 5.41) is 0. The minimum Gasteiger partial charge on any atom is -0.462 e. The molecular formula is C48H82O6. The van der Waals surface area contributed by atoms with Crippen LogP contribution in [0.5, 0.6) is 0 Å². The smallest absolute Gasteiger partial charge is 0.306 e. The highest BCUT2D eigenvalue weighted by molar-refractivity contribution is 5.71. The van der Waals surface area contributed by atoms with Crippen molar-refractivity contribution in [1.82, 2.24) is 0 Å². The minimum absolute atomic E-state index is 0.0901. The van der Waals surface area contributed by atoms with Gasteiger partial charge < -0.3 is 14.2 Å². The Morgan fingerprint density at radius 3 is 1.24 bits per heavy atom. The molecule has 0 fully saturated rings. The van der Waals surface area contributed by atoms with E-state index in [1.54, 1.807) is 0 Å². The molecule has 0 amide bonds. The first-order valence-electron chi connectivity index (χ1n) is 22.3. The molecule has 0 unspecified atom stereocenters. The number of hydrogen-bond acceptors (Lipinski definition) is 6. The Hall–Kier alpha value is -2.89. The normalized spacial score (nSPS) is 12.6. The van der Waals surface area contributed by atoms with E-state index in [1.807, 2.05) is 0 Å². The molecule has 0 aromatic rings. The highest BCUT2D eigenvalue weighted by Gasteiger charge is 2.19. The van der Waals surface area contributed by atoms with Gasteiger partial charge in [0.1, 0.15) is 13.2 Å². The zero-order valence-corrected chi connectivity index (χ0v) is 35.2. The number of allylic oxidation sites excluding steroid dienone is 10. The molecule has 0 aliphatic carbocycles. The van der Waals surface area contributed by atoms with Crippen molar-refractivity contribution in [2.45, 2.75) is 213 Å². The first-order chi connectivity index (χ1) is 26.5. The maximum atomic E-state index is 12.7. The third-order valence-electron chi connectivity index (χ3n) is 9.26. The average Bonchev–Trinajstić information content (AvgIpc) is 3.17. The van der Waals surface area contributed by atoms with Crippen molar-refractivity contribution in [3.63, 3.8) is 0 Å².